The van der Waals surface area contributed by atoms with Gasteiger partial charge in [-0.1, -0.05) is 6.92 Å². The molecule has 0 aromatic carbocycles. The van der Waals surface area contributed by atoms with Gasteiger partial charge in [-0.15, -0.1) is 11.6 Å². The van der Waals surface area contributed by atoms with Crippen LogP contribution in [0.3, 0.4) is 0 Å². The molecule has 1 N–H and O–H groups in total. The predicted molar refractivity (Wildman–Crippen MR) is 68.1 cm³/mol. The standard InChI is InChI=1S/C12H21ClN2O2/c1-9-3-5-10(6-4-9)15(2)12(17)14-11(16)7-8-13/h9-10H,3-8H2,1-2H3,(H,14,16,17). The molecule has 0 unspecified atom stereocenters. The summed E-state index contributed by atoms with van der Waals surface area (Å²) in [6.07, 6.45) is 4.53. The van der Waals surface area contributed by atoms with Crippen LogP contribution in [-0.2, 0) is 4.79 Å². The average molecular weight is 261 g/mol. The van der Waals surface area contributed by atoms with E-state index in [1.54, 1.807) is 11.9 Å². The van der Waals surface area contributed by atoms with Gasteiger partial charge in [-0.3, -0.25) is 10.1 Å². The number of carbonyl (C=O) groups excluding carboxylic acids is 2. The zero-order valence-electron chi connectivity index (χ0n) is 10.5. The first kappa shape index (κ1) is 14.3. The van der Waals surface area contributed by atoms with Crippen molar-refractivity contribution >= 4 is 23.5 Å². The van der Waals surface area contributed by atoms with Crippen molar-refractivity contribution in [3.63, 3.8) is 0 Å². The number of halogens is 1. The van der Waals surface area contributed by atoms with Gasteiger partial charge in [0.05, 0.1) is 0 Å². The maximum Gasteiger partial charge on any atom is 0.324 e. The molecule has 0 heterocycles. The van der Waals surface area contributed by atoms with Crippen molar-refractivity contribution in [2.75, 3.05) is 12.9 Å². The molecule has 1 rings (SSSR count). The van der Waals surface area contributed by atoms with Gasteiger partial charge in [0.1, 0.15) is 0 Å². The van der Waals surface area contributed by atoms with Gasteiger partial charge in [0.25, 0.3) is 0 Å². The van der Waals surface area contributed by atoms with Crippen LogP contribution < -0.4 is 5.32 Å². The number of hydrogen-bond donors (Lipinski definition) is 1. The first-order chi connectivity index (χ1) is 8.04. The van der Waals surface area contributed by atoms with E-state index < -0.39 is 0 Å². The van der Waals surface area contributed by atoms with Crippen LogP contribution in [0.2, 0.25) is 0 Å². The highest BCUT2D eigenvalue weighted by Crippen LogP contribution is 2.26. The van der Waals surface area contributed by atoms with Gasteiger partial charge in [-0.2, -0.15) is 0 Å². The van der Waals surface area contributed by atoms with Crippen LogP contribution in [0.5, 0.6) is 0 Å². The van der Waals surface area contributed by atoms with Gasteiger partial charge in [-0.25, -0.2) is 4.79 Å². The fraction of sp³-hybridized carbons (Fsp3) is 0.833. The fourth-order valence-electron chi connectivity index (χ4n) is 2.15. The minimum atomic E-state index is -0.306. The lowest BCUT2D eigenvalue weighted by Gasteiger charge is -2.33. The summed E-state index contributed by atoms with van der Waals surface area (Å²) in [5.41, 5.74) is 0. The summed E-state index contributed by atoms with van der Waals surface area (Å²) >= 11 is 5.44. The molecular weight excluding hydrogens is 240 g/mol. The van der Waals surface area contributed by atoms with Gasteiger partial charge < -0.3 is 4.90 Å². The second-order valence-electron chi connectivity index (χ2n) is 4.82. The van der Waals surface area contributed by atoms with E-state index in [1.807, 2.05) is 0 Å². The summed E-state index contributed by atoms with van der Waals surface area (Å²) in [5, 5.41) is 2.35. The van der Waals surface area contributed by atoms with Gasteiger partial charge in [0.15, 0.2) is 0 Å². The summed E-state index contributed by atoms with van der Waals surface area (Å²) in [6.45, 7) is 2.24. The summed E-state index contributed by atoms with van der Waals surface area (Å²) < 4.78 is 0. The molecule has 1 saturated carbocycles. The fourth-order valence-corrected chi connectivity index (χ4v) is 2.32. The maximum absolute atomic E-state index is 11.8. The Morgan fingerprint density at radius 2 is 1.88 bits per heavy atom. The second kappa shape index (κ2) is 6.84. The van der Waals surface area contributed by atoms with Crippen molar-refractivity contribution in [2.24, 2.45) is 5.92 Å². The number of carbonyl (C=O) groups is 2. The molecule has 4 nitrogen and oxygen atoms in total. The third kappa shape index (κ3) is 4.54. The molecular formula is C12H21ClN2O2. The van der Waals surface area contributed by atoms with E-state index in [-0.39, 0.29) is 30.3 Å². The Morgan fingerprint density at radius 3 is 2.41 bits per heavy atom. The Morgan fingerprint density at radius 1 is 1.29 bits per heavy atom. The summed E-state index contributed by atoms with van der Waals surface area (Å²) in [6, 6.07) is -0.0466. The van der Waals surface area contributed by atoms with Crippen LogP contribution in [0.15, 0.2) is 0 Å². The Labute approximate surface area is 108 Å². The van der Waals surface area contributed by atoms with Crippen LogP contribution >= 0.6 is 11.6 Å². The Bertz CT molecular complexity index is 276. The maximum atomic E-state index is 11.8. The molecule has 0 aliphatic heterocycles. The molecule has 1 aliphatic carbocycles. The van der Waals surface area contributed by atoms with Gasteiger partial charge >= 0.3 is 6.03 Å². The molecule has 1 aliphatic rings. The molecule has 5 heteroatoms. The van der Waals surface area contributed by atoms with E-state index in [4.69, 9.17) is 11.6 Å². The van der Waals surface area contributed by atoms with E-state index in [1.165, 1.54) is 0 Å². The normalized spacial score (nSPS) is 24.2. The highest BCUT2D eigenvalue weighted by molar-refractivity contribution is 6.19. The van der Waals surface area contributed by atoms with Crippen molar-refractivity contribution < 1.29 is 9.59 Å². The summed E-state index contributed by atoms with van der Waals surface area (Å²) in [4.78, 5) is 24.7. The molecule has 0 aromatic heterocycles. The Hall–Kier alpha value is -0.770. The molecule has 3 amide bonds. The number of imide groups is 1. The van der Waals surface area contributed by atoms with Crippen molar-refractivity contribution in [2.45, 2.75) is 45.1 Å². The first-order valence-electron chi connectivity index (χ1n) is 6.17. The third-order valence-electron chi connectivity index (χ3n) is 3.42. The number of rotatable bonds is 3. The molecule has 98 valence electrons. The van der Waals surface area contributed by atoms with E-state index in [2.05, 4.69) is 12.2 Å². The topological polar surface area (TPSA) is 49.4 Å². The lowest BCUT2D eigenvalue weighted by molar-refractivity contribution is -0.119. The van der Waals surface area contributed by atoms with Crippen molar-refractivity contribution in [3.05, 3.63) is 0 Å². The zero-order valence-corrected chi connectivity index (χ0v) is 11.3. The number of hydrogen-bond acceptors (Lipinski definition) is 2. The summed E-state index contributed by atoms with van der Waals surface area (Å²) in [5.74, 6) is 0.686. The Kier molecular flexibility index (Phi) is 5.75. The number of nitrogens with one attached hydrogen (secondary N) is 1. The molecule has 0 atom stereocenters. The van der Waals surface area contributed by atoms with Gasteiger partial charge in [-0.05, 0) is 31.6 Å². The quantitative estimate of drug-likeness (QED) is 0.792. The van der Waals surface area contributed by atoms with Gasteiger partial charge in [0, 0.05) is 25.4 Å². The lowest BCUT2D eigenvalue weighted by atomic mass is 9.87. The van der Waals surface area contributed by atoms with Crippen LogP contribution in [0, 0.1) is 5.92 Å². The average Bonchev–Trinajstić information content (AvgIpc) is 2.29. The molecule has 0 bridgehead atoms. The monoisotopic (exact) mass is 260 g/mol. The van der Waals surface area contributed by atoms with E-state index in [9.17, 15) is 9.59 Å². The molecule has 1 fully saturated rings. The van der Waals surface area contributed by atoms with E-state index in [0.29, 0.717) is 0 Å². The van der Waals surface area contributed by atoms with Crippen molar-refractivity contribution in [3.8, 4) is 0 Å². The predicted octanol–water partition coefficient (Wildman–Crippen LogP) is 2.36. The van der Waals surface area contributed by atoms with Crippen LogP contribution in [0.25, 0.3) is 0 Å². The zero-order chi connectivity index (χ0) is 12.8. The number of nitrogens with zero attached hydrogens (tertiary/aromatic N) is 1. The number of amides is 3. The second-order valence-corrected chi connectivity index (χ2v) is 5.19. The lowest BCUT2D eigenvalue weighted by Crippen LogP contribution is -2.46. The van der Waals surface area contributed by atoms with Crippen molar-refractivity contribution in [1.82, 2.24) is 10.2 Å². The molecule has 0 radical (unpaired) electrons. The molecule has 0 aromatic rings. The summed E-state index contributed by atoms with van der Waals surface area (Å²) in [7, 11) is 1.75. The van der Waals surface area contributed by atoms with Crippen LogP contribution in [-0.4, -0.2) is 35.8 Å². The van der Waals surface area contributed by atoms with E-state index in [0.717, 1.165) is 31.6 Å². The highest BCUT2D eigenvalue weighted by Gasteiger charge is 2.25. The SMILES string of the molecule is CC1CCC(N(C)C(=O)NC(=O)CCCl)CC1. The molecule has 0 saturated heterocycles. The largest absolute Gasteiger partial charge is 0.325 e. The van der Waals surface area contributed by atoms with E-state index >= 15 is 0 Å². The molecule has 0 spiro atoms. The van der Waals surface area contributed by atoms with Gasteiger partial charge in [0.2, 0.25) is 5.91 Å². The van der Waals surface area contributed by atoms with Crippen LogP contribution in [0.1, 0.15) is 39.0 Å². The third-order valence-corrected chi connectivity index (χ3v) is 3.61. The molecule has 17 heavy (non-hydrogen) atoms. The number of urea groups is 1. The minimum absolute atomic E-state index is 0.183. The smallest absolute Gasteiger partial charge is 0.324 e. The van der Waals surface area contributed by atoms with Crippen molar-refractivity contribution in [1.29, 1.82) is 0 Å². The highest BCUT2D eigenvalue weighted by atomic mass is 35.5. The number of alkyl halides is 1. The van der Waals surface area contributed by atoms with Crippen LogP contribution in [0.4, 0.5) is 4.79 Å². The minimum Gasteiger partial charge on any atom is -0.325 e. The Balaban J connectivity index is 2.38. The first-order valence-corrected chi connectivity index (χ1v) is 6.70.